The number of amides is 13. The first-order chi connectivity index (χ1) is 53.3. The number of fused-ring (bicyclic) bond motifs is 1. The minimum Gasteiger partial charge on any atom is -0.508 e. The Morgan fingerprint density at radius 3 is 1.57 bits per heavy atom. The molecule has 3 aromatic rings. The zero-order valence-corrected chi connectivity index (χ0v) is 65.4. The summed E-state index contributed by atoms with van der Waals surface area (Å²) in [5.41, 5.74) is 35.5. The number of carboxylic acid groups (broad SMARTS) is 2. The van der Waals surface area contributed by atoms with Crippen molar-refractivity contribution >= 4 is 124 Å². The van der Waals surface area contributed by atoms with Gasteiger partial charge >= 0.3 is 11.9 Å². The van der Waals surface area contributed by atoms with Crippen molar-refractivity contribution in [2.75, 3.05) is 38.5 Å². The van der Waals surface area contributed by atoms with Gasteiger partial charge in [0.2, 0.25) is 76.8 Å². The van der Waals surface area contributed by atoms with Gasteiger partial charge in [-0.3, -0.25) is 77.1 Å². The van der Waals surface area contributed by atoms with E-state index in [-0.39, 0.29) is 100 Å². The number of phenols is 1. The van der Waals surface area contributed by atoms with E-state index in [9.17, 15) is 87.2 Å². The summed E-state index contributed by atoms with van der Waals surface area (Å²) in [7, 11) is 0. The van der Waals surface area contributed by atoms with E-state index in [1.807, 2.05) is 0 Å². The number of hydrogen-bond acceptors (Lipinski definition) is 21. The Balaban J connectivity index is 1.55. The van der Waals surface area contributed by atoms with Gasteiger partial charge in [0.1, 0.15) is 78.3 Å². The van der Waals surface area contributed by atoms with Crippen LogP contribution in [0.4, 0.5) is 0 Å². The van der Waals surface area contributed by atoms with Gasteiger partial charge in [0.05, 0.1) is 19.0 Å². The molecule has 0 saturated carbocycles. The number of aliphatic imine (C=N–C) groups is 2. The fraction of sp³-hybridized carbons (Fsp3) is 0.569. The molecule has 4 rings (SSSR count). The Bertz CT molecular complexity index is 3850. The summed E-state index contributed by atoms with van der Waals surface area (Å²) in [5, 5.41) is 60.7. The first-order valence-corrected chi connectivity index (χ1v) is 37.8. The lowest BCUT2D eigenvalue weighted by atomic mass is 10.0. The van der Waals surface area contributed by atoms with Crippen LogP contribution in [0, 0.1) is 11.8 Å². The molecule has 624 valence electrons. The van der Waals surface area contributed by atoms with Crippen molar-refractivity contribution in [3.8, 4) is 5.75 Å². The van der Waals surface area contributed by atoms with Gasteiger partial charge in [0.15, 0.2) is 11.9 Å². The van der Waals surface area contributed by atoms with Crippen LogP contribution in [0.15, 0.2) is 64.7 Å². The molecule has 0 spiro atoms. The number of nitrogens with one attached hydrogen (secondary N) is 13. The summed E-state index contributed by atoms with van der Waals surface area (Å²) < 4.78 is 0. The van der Waals surface area contributed by atoms with Gasteiger partial charge in [-0.1, -0.05) is 64.4 Å². The third-order valence-electron chi connectivity index (χ3n) is 18.1. The smallest absolute Gasteiger partial charge is 0.326 e. The molecule has 0 aliphatic carbocycles. The molecule has 41 heteroatoms. The maximum atomic E-state index is 14.9. The van der Waals surface area contributed by atoms with E-state index in [2.05, 4.69) is 91.4 Å². The van der Waals surface area contributed by atoms with Crippen molar-refractivity contribution in [2.45, 2.75) is 210 Å². The molecule has 1 aliphatic heterocycles. The van der Waals surface area contributed by atoms with Gasteiger partial charge in [-0.25, -0.2) is 4.79 Å². The second-order valence-corrected chi connectivity index (χ2v) is 28.7. The summed E-state index contributed by atoms with van der Waals surface area (Å²) in [4.78, 5) is 218. The van der Waals surface area contributed by atoms with Crippen LogP contribution in [0.5, 0.6) is 5.75 Å². The predicted octanol–water partition coefficient (Wildman–Crippen LogP) is -5.09. The van der Waals surface area contributed by atoms with Crippen molar-refractivity contribution in [2.24, 2.45) is 56.2 Å². The van der Waals surface area contributed by atoms with E-state index in [4.69, 9.17) is 34.4 Å². The van der Waals surface area contributed by atoms with E-state index in [0.29, 0.717) is 47.8 Å². The lowest BCUT2D eigenvalue weighted by molar-refractivity contribution is -0.143. The van der Waals surface area contributed by atoms with Crippen LogP contribution in [-0.2, 0) is 84.8 Å². The number of carbonyl (C=O) groups is 15. The maximum absolute atomic E-state index is 14.9. The van der Waals surface area contributed by atoms with E-state index in [1.54, 1.807) is 58.2 Å². The molecule has 2 aromatic carbocycles. The highest BCUT2D eigenvalue weighted by molar-refractivity contribution is 7.80. The number of nitrogens with two attached hydrogens (primary N) is 6. The van der Waals surface area contributed by atoms with Crippen LogP contribution >= 0.6 is 12.6 Å². The van der Waals surface area contributed by atoms with Crippen LogP contribution in [0.25, 0.3) is 10.9 Å². The van der Waals surface area contributed by atoms with E-state index < -0.39 is 193 Å². The topological polar surface area (TPSA) is 661 Å². The quantitative estimate of drug-likeness (QED) is 0.0109. The number of aliphatic carboxylic acids is 2. The highest BCUT2D eigenvalue weighted by Gasteiger charge is 2.41. The number of likely N-dealkylation sites (tertiary alicyclic amines) is 1. The third-order valence-corrected chi connectivity index (χ3v) is 18.5. The van der Waals surface area contributed by atoms with Crippen LogP contribution in [0.1, 0.15) is 130 Å². The molecule has 13 atom stereocenters. The molecule has 13 amide bonds. The van der Waals surface area contributed by atoms with Gasteiger partial charge in [-0.05, 0) is 126 Å². The molecule has 1 aliphatic rings. The number of aromatic amines is 1. The van der Waals surface area contributed by atoms with E-state index >= 15 is 0 Å². The number of rotatable bonds is 48. The molecule has 40 nitrogen and oxygen atoms in total. The van der Waals surface area contributed by atoms with Crippen LogP contribution in [0.3, 0.4) is 0 Å². The highest BCUT2D eigenvalue weighted by atomic mass is 32.1. The first kappa shape index (κ1) is 94.0. The molecule has 113 heavy (non-hydrogen) atoms. The third kappa shape index (κ3) is 32.1. The highest BCUT2D eigenvalue weighted by Crippen LogP contribution is 2.23. The first-order valence-electron chi connectivity index (χ1n) is 37.2. The van der Waals surface area contributed by atoms with Crippen LogP contribution in [0.2, 0.25) is 0 Å². The number of para-hydroxylation sites is 1. The molecule has 28 N–H and O–H groups in total. The predicted molar refractivity (Wildman–Crippen MR) is 419 cm³/mol. The zero-order chi connectivity index (χ0) is 84.3. The molecule has 1 aromatic heterocycles. The number of carboxylic acids is 2. The number of unbranched alkanes of at least 4 members (excludes halogenated alkanes) is 1. The van der Waals surface area contributed by atoms with Gasteiger partial charge in [0.25, 0.3) is 0 Å². The Morgan fingerprint density at radius 2 is 1.04 bits per heavy atom. The van der Waals surface area contributed by atoms with E-state index in [1.165, 1.54) is 49.9 Å². The fourth-order valence-corrected chi connectivity index (χ4v) is 12.2. The number of phenolic OH excluding ortho intramolecular Hbond substituents is 1. The van der Waals surface area contributed by atoms with Gasteiger partial charge in [-0.2, -0.15) is 12.6 Å². The molecule has 1 saturated heterocycles. The summed E-state index contributed by atoms with van der Waals surface area (Å²) in [6.07, 6.45) is 1.45. The molecule has 0 radical (unpaired) electrons. The van der Waals surface area contributed by atoms with Gasteiger partial charge in [0, 0.05) is 55.3 Å². The second kappa shape index (κ2) is 47.1. The van der Waals surface area contributed by atoms with Crippen LogP contribution in [-0.4, -0.2) is 243 Å². The number of H-pyrrole nitrogens is 1. The van der Waals surface area contributed by atoms with Crippen molar-refractivity contribution in [3.05, 3.63) is 65.9 Å². The standard InChI is InChI=1S/C72H112N22O18S/c1-36(2)29-52(70(111)112)86-55(96)34-82-68(109)54-20-14-28-94(54)69(110)57(37(3)4)93-60(101)40(7)84-58(99)38(5)83-59(100)39(6)85-62(103)47(18-12-26-79-71(75)76)87-63(104)48(19-13-27-80-72(77)78)88-64(105)49(30-41-21-23-43(95)24-22-41)89-66(107)51(32-56(97)98)91-65(106)50(31-42-33-81-46-17-9-8-15-44(42)46)90-67(108)53(35-113)92-61(102)45(74)16-10-11-25-73/h8-9,15,17,21-24,33,36-40,45,47-54,57,81,95,113H,10-14,16,18-20,25-32,34-35,73-74H2,1-7H3,(H,82,109)(H,83,100)(H,84,99)(H,85,103)(H,86,96)(H,87,104)(H,88,105)(H,89,107)(H,90,108)(H,91,106)(H,92,102)(H,93,101)(H,97,98)(H,111,112)(H4,75,76,79)(H4,77,78,80)/t38-,39-,40-,45-,47-,48-,49-,50-,51-,52-,53-,54-,57-/m0/s1. The van der Waals surface area contributed by atoms with Crippen molar-refractivity contribution in [1.82, 2.24) is 73.7 Å². The molecule has 2 heterocycles. The number of hydrogen-bond donors (Lipinski definition) is 23. The Hall–Kier alpha value is -11.4. The van der Waals surface area contributed by atoms with Crippen molar-refractivity contribution in [1.29, 1.82) is 0 Å². The average Bonchev–Trinajstić information content (AvgIpc) is 1.70. The lowest BCUT2D eigenvalue weighted by Gasteiger charge is -2.31. The largest absolute Gasteiger partial charge is 0.508 e. The normalized spacial score (nSPS) is 15.7. The Morgan fingerprint density at radius 1 is 0.558 bits per heavy atom. The molecular formula is C72H112N22O18S. The Kier molecular flexibility index (Phi) is 39.2. The SMILES string of the molecule is CC(C)C[C@H](NC(=O)CNC(=O)[C@@H]1CCCN1C(=O)[C@@H](NC(=O)[C@H](C)NC(=O)[C@H](C)NC(=O)[C@H](C)NC(=O)[C@H](CCCN=C(N)N)NC(=O)[C@H](CCCN=C(N)N)NC(=O)[C@H](Cc1ccc(O)cc1)NC(=O)[C@H](CC(=O)O)NC(=O)[C@H](Cc1c[nH]c2ccccc12)NC(=O)[C@H](CS)NC(=O)[C@@H](N)CCCCN)C(C)C)C(=O)O. The summed E-state index contributed by atoms with van der Waals surface area (Å²) in [6.45, 7) is 10.4. The number of benzene rings is 2. The minimum atomic E-state index is -1.99. The summed E-state index contributed by atoms with van der Waals surface area (Å²) in [6, 6.07) is -6.12. The monoisotopic (exact) mass is 1600 g/mol. The number of aromatic nitrogens is 1. The number of thiol groups is 1. The minimum absolute atomic E-state index is 0.0183. The molecular weight excluding hydrogens is 1490 g/mol. The number of aromatic hydroxyl groups is 1. The van der Waals surface area contributed by atoms with E-state index in [0.717, 1.165) is 0 Å². The molecule has 1 fully saturated rings. The maximum Gasteiger partial charge on any atom is 0.326 e. The molecule has 0 unspecified atom stereocenters. The lowest BCUT2D eigenvalue weighted by Crippen LogP contribution is -2.61. The van der Waals surface area contributed by atoms with Crippen molar-refractivity contribution < 1.29 is 87.2 Å². The van der Waals surface area contributed by atoms with Crippen LogP contribution < -0.4 is 98.2 Å². The van der Waals surface area contributed by atoms with Crippen molar-refractivity contribution in [3.63, 3.8) is 0 Å². The second-order valence-electron chi connectivity index (χ2n) is 28.3. The average molecular weight is 1610 g/mol. The summed E-state index contributed by atoms with van der Waals surface area (Å²) in [5.74, 6) is -16.2. The summed E-state index contributed by atoms with van der Waals surface area (Å²) >= 11 is 4.27. The number of guanidine groups is 2. The fourth-order valence-electron chi connectivity index (χ4n) is 11.9. The Labute approximate surface area is 659 Å². The number of nitrogens with zero attached hydrogens (tertiary/aromatic N) is 3. The number of carbonyl (C=O) groups excluding carboxylic acids is 13. The van der Waals surface area contributed by atoms with Gasteiger partial charge in [-0.15, -0.1) is 0 Å². The van der Waals surface area contributed by atoms with Gasteiger partial charge < -0.3 is 123 Å². The molecule has 0 bridgehead atoms. The zero-order valence-electron chi connectivity index (χ0n) is 64.5.